The van der Waals surface area contributed by atoms with Gasteiger partial charge in [-0.05, 0) is 45.0 Å². The molecule has 3 N–H and O–H groups in total. The van der Waals surface area contributed by atoms with Gasteiger partial charge in [0.05, 0.1) is 17.6 Å². The summed E-state index contributed by atoms with van der Waals surface area (Å²) >= 11 is 0. The molecule has 12 heteroatoms. The monoisotopic (exact) mass is 443 g/mol. The van der Waals surface area contributed by atoms with Crippen molar-refractivity contribution in [1.82, 2.24) is 10.5 Å². The van der Waals surface area contributed by atoms with E-state index < -0.39 is 20.0 Å². The zero-order valence-corrected chi connectivity index (χ0v) is 18.2. The summed E-state index contributed by atoms with van der Waals surface area (Å²) in [6.07, 6.45) is 1.97. The molecule has 3 rings (SSSR count). The Hall–Kier alpha value is -2.31. The van der Waals surface area contributed by atoms with Crippen molar-refractivity contribution in [3.8, 4) is 0 Å². The van der Waals surface area contributed by atoms with E-state index in [-0.39, 0.29) is 27.7 Å². The zero-order valence-electron chi connectivity index (χ0n) is 16.5. The van der Waals surface area contributed by atoms with Gasteiger partial charge in [-0.15, -0.1) is 0 Å². The molecule has 1 aliphatic rings. The maximum atomic E-state index is 12.8. The second-order valence-corrected chi connectivity index (χ2v) is 10.3. The summed E-state index contributed by atoms with van der Waals surface area (Å²) in [4.78, 5) is 2.06. The Morgan fingerprint density at radius 3 is 2.48 bits per heavy atom. The van der Waals surface area contributed by atoms with Gasteiger partial charge in [-0.1, -0.05) is 5.16 Å². The number of nitrogens with one attached hydrogen (secondary N) is 3. The third-order valence-electron chi connectivity index (χ3n) is 4.48. The molecule has 160 valence electrons. The Kier molecular flexibility index (Phi) is 6.05. The van der Waals surface area contributed by atoms with E-state index in [1.54, 1.807) is 18.2 Å². The first-order chi connectivity index (χ1) is 13.6. The van der Waals surface area contributed by atoms with E-state index in [0.29, 0.717) is 0 Å². The van der Waals surface area contributed by atoms with Crippen LogP contribution in [0.3, 0.4) is 0 Å². The summed E-state index contributed by atoms with van der Waals surface area (Å²) < 4.78 is 59.2. The van der Waals surface area contributed by atoms with Crippen LogP contribution < -0.4 is 19.7 Å². The minimum absolute atomic E-state index is 0.0644. The Morgan fingerprint density at radius 1 is 1.07 bits per heavy atom. The fourth-order valence-corrected chi connectivity index (χ4v) is 5.24. The molecule has 0 unspecified atom stereocenters. The Balaban J connectivity index is 1.99. The molecular weight excluding hydrogens is 418 g/mol. The highest BCUT2D eigenvalue weighted by Gasteiger charge is 2.26. The largest absolute Gasteiger partial charge is 0.370 e. The van der Waals surface area contributed by atoms with E-state index in [0.717, 1.165) is 44.5 Å². The Labute approximate surface area is 170 Å². The van der Waals surface area contributed by atoms with Crippen molar-refractivity contribution in [2.45, 2.75) is 25.2 Å². The van der Waals surface area contributed by atoms with Crippen molar-refractivity contribution in [2.75, 3.05) is 46.8 Å². The molecule has 10 nitrogen and oxygen atoms in total. The smallest absolute Gasteiger partial charge is 0.267 e. The Morgan fingerprint density at radius 2 is 1.83 bits per heavy atom. The fraction of sp³-hybridized carbons (Fsp3) is 0.471. The molecule has 2 aromatic rings. The van der Waals surface area contributed by atoms with Crippen molar-refractivity contribution in [1.29, 1.82) is 0 Å². The molecule has 0 radical (unpaired) electrons. The highest BCUT2D eigenvalue weighted by molar-refractivity contribution is 7.93. The number of anilines is 3. The van der Waals surface area contributed by atoms with Crippen LogP contribution in [-0.2, 0) is 20.0 Å². The van der Waals surface area contributed by atoms with E-state index in [2.05, 4.69) is 24.8 Å². The lowest BCUT2D eigenvalue weighted by Crippen LogP contribution is -2.28. The van der Waals surface area contributed by atoms with Crippen LogP contribution in [0.5, 0.6) is 0 Å². The van der Waals surface area contributed by atoms with Crippen LogP contribution in [-0.4, -0.2) is 54.4 Å². The molecule has 1 fully saturated rings. The average molecular weight is 444 g/mol. The summed E-state index contributed by atoms with van der Waals surface area (Å²) in [6, 6.07) is 4.96. The van der Waals surface area contributed by atoms with Gasteiger partial charge in [0, 0.05) is 25.3 Å². The topological polar surface area (TPSA) is 134 Å². The molecule has 1 aromatic heterocycles. The van der Waals surface area contributed by atoms with Crippen LogP contribution in [0.1, 0.15) is 17.9 Å². The van der Waals surface area contributed by atoms with Crippen LogP contribution in [0.15, 0.2) is 27.6 Å². The number of benzene rings is 1. The number of nitrogens with zero attached hydrogens (tertiary/aromatic N) is 2. The number of hydrogen-bond donors (Lipinski definition) is 3. The molecule has 1 saturated heterocycles. The van der Waals surface area contributed by atoms with E-state index in [1.165, 1.54) is 13.8 Å². The van der Waals surface area contributed by atoms with E-state index in [1.807, 2.05) is 0 Å². The molecule has 0 aliphatic carbocycles. The number of aryl methyl sites for hydroxylation is 2. The first kappa shape index (κ1) is 21.4. The van der Waals surface area contributed by atoms with Crippen molar-refractivity contribution in [3.05, 3.63) is 29.7 Å². The maximum Gasteiger partial charge on any atom is 0.267 e. The molecular formula is C17H25N5O5S2. The molecule has 0 atom stereocenters. The quantitative estimate of drug-likeness (QED) is 0.608. The van der Waals surface area contributed by atoms with Crippen molar-refractivity contribution < 1.29 is 21.4 Å². The summed E-state index contributed by atoms with van der Waals surface area (Å²) in [7, 11) is -7.64. The summed E-state index contributed by atoms with van der Waals surface area (Å²) in [6.45, 7) is 6.34. The fourth-order valence-electron chi connectivity index (χ4n) is 3.26. The van der Waals surface area contributed by atoms with Crippen LogP contribution in [0.4, 0.5) is 17.1 Å². The van der Waals surface area contributed by atoms with Crippen molar-refractivity contribution in [2.24, 2.45) is 0 Å². The average Bonchev–Trinajstić information content (AvgIpc) is 2.82. The molecule has 0 bridgehead atoms. The number of hydrogen-bond acceptors (Lipinski definition) is 8. The lowest BCUT2D eigenvalue weighted by Gasteiger charge is -2.24. The lowest BCUT2D eigenvalue weighted by atomic mass is 10.2. The van der Waals surface area contributed by atoms with Crippen LogP contribution in [0.25, 0.3) is 0 Å². The van der Waals surface area contributed by atoms with E-state index in [4.69, 9.17) is 4.52 Å². The highest BCUT2D eigenvalue weighted by Crippen LogP contribution is 2.32. The van der Waals surface area contributed by atoms with E-state index in [9.17, 15) is 16.8 Å². The number of aromatic nitrogens is 1. The van der Waals surface area contributed by atoms with Gasteiger partial charge in [-0.3, -0.25) is 9.44 Å². The first-order valence-corrected chi connectivity index (χ1v) is 12.5. The van der Waals surface area contributed by atoms with Gasteiger partial charge in [-0.2, -0.15) is 0 Å². The third kappa shape index (κ3) is 5.19. The van der Waals surface area contributed by atoms with Gasteiger partial charge in [0.15, 0.2) is 10.7 Å². The standard InChI is InChI=1S/C17H25N5O5S2/c1-12-17(13(2)27-19-12)29(25,26)21-15-6-5-14(11-16(15)20-28(3,23)24)22-9-4-7-18-8-10-22/h5-6,11,18,20-21H,4,7-10H2,1-3H3. The summed E-state index contributed by atoms with van der Waals surface area (Å²) in [5.74, 6) is 0.154. The van der Waals surface area contributed by atoms with Crippen LogP contribution in [0, 0.1) is 13.8 Å². The number of rotatable bonds is 6. The minimum atomic E-state index is -4.02. The van der Waals surface area contributed by atoms with Gasteiger partial charge < -0.3 is 14.7 Å². The van der Waals surface area contributed by atoms with Gasteiger partial charge in [0.25, 0.3) is 10.0 Å². The first-order valence-electron chi connectivity index (χ1n) is 9.10. The number of sulfonamides is 2. The summed E-state index contributed by atoms with van der Waals surface area (Å²) in [5, 5.41) is 6.98. The Bertz CT molecular complexity index is 1070. The van der Waals surface area contributed by atoms with Crippen molar-refractivity contribution >= 4 is 37.1 Å². The van der Waals surface area contributed by atoms with Crippen molar-refractivity contribution in [3.63, 3.8) is 0 Å². The molecule has 0 spiro atoms. The van der Waals surface area contributed by atoms with Gasteiger partial charge in [-0.25, -0.2) is 16.8 Å². The predicted molar refractivity (Wildman–Crippen MR) is 111 cm³/mol. The van der Waals surface area contributed by atoms with Gasteiger partial charge >= 0.3 is 0 Å². The second-order valence-electron chi connectivity index (χ2n) is 6.95. The van der Waals surface area contributed by atoms with Crippen LogP contribution in [0.2, 0.25) is 0 Å². The summed E-state index contributed by atoms with van der Waals surface area (Å²) in [5.41, 5.74) is 1.30. The molecule has 0 saturated carbocycles. The highest BCUT2D eigenvalue weighted by atomic mass is 32.2. The SMILES string of the molecule is Cc1noc(C)c1S(=O)(=O)Nc1ccc(N2CCCNCC2)cc1NS(C)(=O)=O. The predicted octanol–water partition coefficient (Wildman–Crippen LogP) is 1.26. The van der Waals surface area contributed by atoms with Gasteiger partial charge in [0.2, 0.25) is 10.0 Å². The van der Waals surface area contributed by atoms with Crippen LogP contribution >= 0.6 is 0 Å². The normalized spacial score (nSPS) is 15.8. The molecule has 1 aromatic carbocycles. The molecule has 29 heavy (non-hydrogen) atoms. The molecule has 1 aliphatic heterocycles. The zero-order chi connectivity index (χ0) is 21.2. The molecule has 2 heterocycles. The second kappa shape index (κ2) is 8.20. The van der Waals surface area contributed by atoms with Gasteiger partial charge in [0.1, 0.15) is 5.69 Å². The van der Waals surface area contributed by atoms with E-state index >= 15 is 0 Å². The third-order valence-corrected chi connectivity index (χ3v) is 6.68. The maximum absolute atomic E-state index is 12.8. The lowest BCUT2D eigenvalue weighted by molar-refractivity contribution is 0.390. The minimum Gasteiger partial charge on any atom is -0.370 e. The molecule has 0 amide bonds.